The number of aromatic nitrogens is 2. The third-order valence-corrected chi connectivity index (χ3v) is 3.67. The van der Waals surface area contributed by atoms with E-state index in [0.29, 0.717) is 11.3 Å². The zero-order valence-corrected chi connectivity index (χ0v) is 11.6. The Labute approximate surface area is 112 Å². The van der Waals surface area contributed by atoms with Gasteiger partial charge in [0.1, 0.15) is 6.10 Å². The molecule has 1 heterocycles. The fourth-order valence-corrected chi connectivity index (χ4v) is 2.62. The van der Waals surface area contributed by atoms with Crippen molar-refractivity contribution in [3.05, 3.63) is 17.5 Å². The molecule has 0 unspecified atom stereocenters. The fraction of sp³-hybridized carbons (Fsp3) is 0.692. The molecule has 0 saturated heterocycles. The molecule has 1 aliphatic carbocycles. The van der Waals surface area contributed by atoms with Gasteiger partial charge >= 0.3 is 0 Å². The summed E-state index contributed by atoms with van der Waals surface area (Å²) in [6, 6.07) is -0.259. The number of methoxy groups -OCH3 is 1. The van der Waals surface area contributed by atoms with Crippen LogP contribution in [0.25, 0.3) is 0 Å². The molecule has 0 radical (unpaired) electrons. The molecular formula is C13H21N3O3. The highest BCUT2D eigenvalue weighted by Gasteiger charge is 2.33. The van der Waals surface area contributed by atoms with Crippen LogP contribution in [0.2, 0.25) is 0 Å². The van der Waals surface area contributed by atoms with E-state index < -0.39 is 6.10 Å². The molecular weight excluding hydrogens is 246 g/mol. The Morgan fingerprint density at radius 3 is 2.89 bits per heavy atom. The van der Waals surface area contributed by atoms with Crippen LogP contribution in [0.4, 0.5) is 0 Å². The van der Waals surface area contributed by atoms with Gasteiger partial charge in [0.05, 0.1) is 23.4 Å². The average Bonchev–Trinajstić information content (AvgIpc) is 2.71. The number of nitrogens with zero attached hydrogens (tertiary/aromatic N) is 2. The number of carbonyl (C=O) groups is 1. The second kappa shape index (κ2) is 5.71. The van der Waals surface area contributed by atoms with E-state index in [9.17, 15) is 9.90 Å². The Balaban J connectivity index is 2.04. The molecule has 6 heteroatoms. The number of rotatable bonds is 3. The molecule has 0 aliphatic heterocycles. The van der Waals surface area contributed by atoms with Gasteiger partial charge in [-0.2, -0.15) is 5.10 Å². The highest BCUT2D eigenvalue weighted by atomic mass is 16.5. The zero-order chi connectivity index (χ0) is 14.0. The topological polar surface area (TPSA) is 76.4 Å². The van der Waals surface area contributed by atoms with Crippen LogP contribution in [0.3, 0.4) is 0 Å². The Hall–Kier alpha value is -1.40. The first-order chi connectivity index (χ1) is 9.02. The van der Waals surface area contributed by atoms with E-state index in [-0.39, 0.29) is 18.1 Å². The summed E-state index contributed by atoms with van der Waals surface area (Å²) in [5.41, 5.74) is 1.24. The van der Waals surface area contributed by atoms with Crippen molar-refractivity contribution < 1.29 is 14.6 Å². The van der Waals surface area contributed by atoms with Crippen LogP contribution in [0.1, 0.15) is 35.3 Å². The quantitative estimate of drug-likeness (QED) is 0.830. The third kappa shape index (κ3) is 2.96. The van der Waals surface area contributed by atoms with Gasteiger partial charge in [-0.1, -0.05) is 0 Å². The van der Waals surface area contributed by atoms with E-state index in [2.05, 4.69) is 10.4 Å². The number of aliphatic hydroxyl groups excluding tert-OH is 1. The molecule has 1 aromatic rings. The van der Waals surface area contributed by atoms with Crippen molar-refractivity contribution in [2.45, 2.75) is 44.4 Å². The fourth-order valence-electron chi connectivity index (χ4n) is 2.62. The number of nitrogens with one attached hydrogen (secondary N) is 1. The molecule has 0 aromatic carbocycles. The van der Waals surface area contributed by atoms with E-state index >= 15 is 0 Å². The lowest BCUT2D eigenvalue weighted by atomic mass is 9.89. The summed E-state index contributed by atoms with van der Waals surface area (Å²) in [6.07, 6.45) is 3.37. The summed E-state index contributed by atoms with van der Waals surface area (Å²) in [6.45, 7) is 1.80. The number of hydrogen-bond acceptors (Lipinski definition) is 4. The minimum Gasteiger partial charge on any atom is -0.388 e. The lowest BCUT2D eigenvalue weighted by Gasteiger charge is -2.34. The first-order valence-corrected chi connectivity index (χ1v) is 6.55. The van der Waals surface area contributed by atoms with Crippen LogP contribution in [-0.2, 0) is 11.8 Å². The second-order valence-electron chi connectivity index (χ2n) is 5.08. The van der Waals surface area contributed by atoms with E-state index in [1.807, 2.05) is 0 Å². The van der Waals surface area contributed by atoms with E-state index in [1.54, 1.807) is 32.0 Å². The van der Waals surface area contributed by atoms with Crippen LogP contribution in [0, 0.1) is 6.92 Å². The lowest BCUT2D eigenvalue weighted by molar-refractivity contribution is -0.0513. The number of amides is 1. The van der Waals surface area contributed by atoms with Gasteiger partial charge < -0.3 is 15.2 Å². The van der Waals surface area contributed by atoms with Crippen LogP contribution in [0.15, 0.2) is 6.20 Å². The maximum absolute atomic E-state index is 12.2. The van der Waals surface area contributed by atoms with Gasteiger partial charge in [0.15, 0.2) is 0 Å². The minimum absolute atomic E-state index is 0.189. The predicted octanol–water partition coefficient (Wildman–Crippen LogP) is 0.387. The van der Waals surface area contributed by atoms with Crippen molar-refractivity contribution in [1.82, 2.24) is 15.1 Å². The molecule has 1 aromatic heterocycles. The van der Waals surface area contributed by atoms with E-state index in [1.165, 1.54) is 0 Å². The van der Waals surface area contributed by atoms with Crippen LogP contribution in [-0.4, -0.2) is 46.2 Å². The standard InChI is InChI=1S/C13H21N3O3/c1-8-9(7-16(2)15-8)13(18)14-10-5-4-6-11(19-3)12(10)17/h7,10-12,17H,4-6H2,1-3H3,(H,14,18)/t10-,11-,12-/m1/s1. The van der Waals surface area contributed by atoms with Gasteiger partial charge in [-0.15, -0.1) is 0 Å². The van der Waals surface area contributed by atoms with Gasteiger partial charge in [-0.3, -0.25) is 9.48 Å². The Bertz CT molecular complexity index is 458. The Morgan fingerprint density at radius 1 is 1.58 bits per heavy atom. The van der Waals surface area contributed by atoms with Crippen LogP contribution >= 0.6 is 0 Å². The van der Waals surface area contributed by atoms with Crippen molar-refractivity contribution in [2.24, 2.45) is 7.05 Å². The molecule has 2 N–H and O–H groups in total. The molecule has 0 bridgehead atoms. The van der Waals surface area contributed by atoms with Gasteiger partial charge in [0, 0.05) is 20.4 Å². The monoisotopic (exact) mass is 267 g/mol. The van der Waals surface area contributed by atoms with Crippen LogP contribution in [0.5, 0.6) is 0 Å². The Morgan fingerprint density at radius 2 is 2.32 bits per heavy atom. The second-order valence-corrected chi connectivity index (χ2v) is 5.08. The molecule has 2 rings (SSSR count). The lowest BCUT2D eigenvalue weighted by Crippen LogP contribution is -2.51. The van der Waals surface area contributed by atoms with Gasteiger partial charge in [-0.25, -0.2) is 0 Å². The van der Waals surface area contributed by atoms with E-state index in [0.717, 1.165) is 19.3 Å². The summed E-state index contributed by atoms with van der Waals surface area (Å²) >= 11 is 0. The molecule has 106 valence electrons. The normalized spacial score (nSPS) is 27.3. The maximum Gasteiger partial charge on any atom is 0.255 e. The summed E-state index contributed by atoms with van der Waals surface area (Å²) < 4.78 is 6.84. The highest BCUT2D eigenvalue weighted by Crippen LogP contribution is 2.22. The summed E-state index contributed by atoms with van der Waals surface area (Å²) in [7, 11) is 3.36. The summed E-state index contributed by atoms with van der Waals surface area (Å²) in [4.78, 5) is 12.2. The molecule has 19 heavy (non-hydrogen) atoms. The molecule has 0 spiro atoms. The average molecular weight is 267 g/mol. The largest absolute Gasteiger partial charge is 0.388 e. The molecule has 1 aliphatic rings. The van der Waals surface area contributed by atoms with Gasteiger partial charge in [0.25, 0.3) is 5.91 Å². The third-order valence-electron chi connectivity index (χ3n) is 3.67. The van der Waals surface area contributed by atoms with Crippen molar-refractivity contribution >= 4 is 5.91 Å². The number of ether oxygens (including phenoxy) is 1. The molecule has 1 amide bonds. The maximum atomic E-state index is 12.2. The molecule has 1 saturated carbocycles. The SMILES string of the molecule is CO[C@@H]1CCC[C@@H](NC(=O)c2cn(C)nc2C)[C@H]1O. The number of aliphatic hydroxyl groups is 1. The smallest absolute Gasteiger partial charge is 0.255 e. The van der Waals surface area contributed by atoms with Gasteiger partial charge in [-0.05, 0) is 26.2 Å². The number of hydrogen-bond donors (Lipinski definition) is 2. The first-order valence-electron chi connectivity index (χ1n) is 6.55. The predicted molar refractivity (Wildman–Crippen MR) is 69.9 cm³/mol. The molecule has 1 fully saturated rings. The van der Waals surface area contributed by atoms with Crippen molar-refractivity contribution in [2.75, 3.05) is 7.11 Å². The number of carbonyl (C=O) groups excluding carboxylic acids is 1. The van der Waals surface area contributed by atoms with Crippen molar-refractivity contribution in [3.8, 4) is 0 Å². The molecule has 6 nitrogen and oxygen atoms in total. The van der Waals surface area contributed by atoms with Gasteiger partial charge in [0.2, 0.25) is 0 Å². The summed E-state index contributed by atoms with van der Waals surface area (Å²) in [5.74, 6) is -0.189. The van der Waals surface area contributed by atoms with Crippen molar-refractivity contribution in [1.29, 1.82) is 0 Å². The summed E-state index contributed by atoms with van der Waals surface area (Å²) in [5, 5.41) is 17.2. The Kier molecular flexibility index (Phi) is 4.21. The number of aryl methyl sites for hydroxylation is 2. The minimum atomic E-state index is -0.653. The first kappa shape index (κ1) is 14.0. The van der Waals surface area contributed by atoms with Crippen LogP contribution < -0.4 is 5.32 Å². The van der Waals surface area contributed by atoms with Crippen molar-refractivity contribution in [3.63, 3.8) is 0 Å². The zero-order valence-electron chi connectivity index (χ0n) is 11.6. The van der Waals surface area contributed by atoms with E-state index in [4.69, 9.17) is 4.74 Å². The molecule has 3 atom stereocenters. The highest BCUT2D eigenvalue weighted by molar-refractivity contribution is 5.95.